The first-order valence-corrected chi connectivity index (χ1v) is 6.72. The number of carbonyl (C=O) groups excluding carboxylic acids is 2. The Morgan fingerprint density at radius 1 is 1.30 bits per heavy atom. The Morgan fingerprint density at radius 3 is 2.40 bits per heavy atom. The van der Waals surface area contributed by atoms with Crippen molar-refractivity contribution in [3.63, 3.8) is 0 Å². The average molecular weight is 278 g/mol. The number of rotatable bonds is 5. The van der Waals surface area contributed by atoms with E-state index in [0.29, 0.717) is 6.42 Å². The maximum absolute atomic E-state index is 12.3. The van der Waals surface area contributed by atoms with Crippen LogP contribution in [0.3, 0.4) is 0 Å². The molecule has 20 heavy (non-hydrogen) atoms. The number of hydrogen-bond donors (Lipinski definition) is 1. The van der Waals surface area contributed by atoms with E-state index in [1.165, 1.54) is 19.6 Å². The minimum absolute atomic E-state index is 0.0388. The van der Waals surface area contributed by atoms with E-state index in [9.17, 15) is 14.7 Å². The molecule has 1 aliphatic carbocycles. The lowest BCUT2D eigenvalue weighted by Crippen LogP contribution is -2.27. The fraction of sp³-hybridized carbons (Fsp3) is 0.500. The zero-order valence-corrected chi connectivity index (χ0v) is 12.7. The highest BCUT2D eigenvalue weighted by atomic mass is 16.5. The summed E-state index contributed by atoms with van der Waals surface area (Å²) in [7, 11) is 1.36. The Morgan fingerprint density at radius 2 is 1.90 bits per heavy atom. The van der Waals surface area contributed by atoms with Crippen LogP contribution < -0.4 is 0 Å². The molecule has 1 unspecified atom stereocenters. The van der Waals surface area contributed by atoms with Crippen LogP contribution in [0.1, 0.15) is 40.5 Å². The second-order valence-electron chi connectivity index (χ2n) is 5.34. The van der Waals surface area contributed by atoms with Gasteiger partial charge >= 0.3 is 0 Å². The first-order chi connectivity index (χ1) is 9.31. The van der Waals surface area contributed by atoms with Crippen LogP contribution in [0.5, 0.6) is 0 Å². The smallest absolute Gasteiger partial charge is 0.228 e. The summed E-state index contributed by atoms with van der Waals surface area (Å²) in [6.07, 6.45) is 3.56. The predicted octanol–water partition coefficient (Wildman–Crippen LogP) is 3.25. The summed E-state index contributed by atoms with van der Waals surface area (Å²) < 4.78 is 5.01. The fourth-order valence-corrected chi connectivity index (χ4v) is 2.27. The van der Waals surface area contributed by atoms with E-state index in [1.54, 1.807) is 0 Å². The van der Waals surface area contributed by atoms with Crippen molar-refractivity contribution in [3.05, 3.63) is 34.3 Å². The molecule has 0 heterocycles. The van der Waals surface area contributed by atoms with Gasteiger partial charge in [-0.3, -0.25) is 9.59 Å². The van der Waals surface area contributed by atoms with Crippen molar-refractivity contribution in [2.75, 3.05) is 7.11 Å². The van der Waals surface area contributed by atoms with E-state index < -0.39 is 11.5 Å². The number of Topliss-reactive ketones (excluding diaryl/α,β-unsaturated/α-hetero) is 2. The lowest BCUT2D eigenvalue weighted by molar-refractivity contribution is -0.120. The molecule has 0 amide bonds. The lowest BCUT2D eigenvalue weighted by Gasteiger charge is -2.22. The van der Waals surface area contributed by atoms with E-state index in [-0.39, 0.29) is 28.6 Å². The SMILES string of the molecule is COC1=C(C)C(=O)C(O)=C(C(C)CCC=C(C)C)C1=O. The second-order valence-corrected chi connectivity index (χ2v) is 5.34. The molecule has 110 valence electrons. The molecular weight excluding hydrogens is 256 g/mol. The predicted molar refractivity (Wildman–Crippen MR) is 77.2 cm³/mol. The van der Waals surface area contributed by atoms with Crippen molar-refractivity contribution < 1.29 is 19.4 Å². The average Bonchev–Trinajstić information content (AvgIpc) is 2.36. The number of ether oxygens (including phenoxy) is 1. The molecule has 0 aliphatic heterocycles. The monoisotopic (exact) mass is 278 g/mol. The number of methoxy groups -OCH3 is 1. The molecular formula is C16H22O4. The Hall–Kier alpha value is -1.84. The van der Waals surface area contributed by atoms with Gasteiger partial charge in [-0.15, -0.1) is 0 Å². The topological polar surface area (TPSA) is 63.6 Å². The summed E-state index contributed by atoms with van der Waals surface area (Å²) in [4.78, 5) is 24.2. The Kier molecular flexibility index (Phi) is 5.31. The molecule has 0 aromatic heterocycles. The Balaban J connectivity index is 3.01. The summed E-state index contributed by atoms with van der Waals surface area (Å²) >= 11 is 0. The van der Waals surface area contributed by atoms with E-state index in [4.69, 9.17) is 4.74 Å². The molecule has 1 rings (SSSR count). The van der Waals surface area contributed by atoms with Crippen LogP contribution in [0.4, 0.5) is 0 Å². The highest BCUT2D eigenvalue weighted by molar-refractivity contribution is 6.23. The van der Waals surface area contributed by atoms with Crippen LogP contribution in [0.25, 0.3) is 0 Å². The van der Waals surface area contributed by atoms with Gasteiger partial charge in [-0.2, -0.15) is 0 Å². The zero-order chi connectivity index (χ0) is 15.4. The van der Waals surface area contributed by atoms with Crippen LogP contribution in [-0.4, -0.2) is 23.8 Å². The van der Waals surface area contributed by atoms with E-state index >= 15 is 0 Å². The van der Waals surface area contributed by atoms with Crippen molar-refractivity contribution in [2.45, 2.75) is 40.5 Å². The van der Waals surface area contributed by atoms with Crippen LogP contribution in [0.15, 0.2) is 34.3 Å². The van der Waals surface area contributed by atoms with Gasteiger partial charge in [-0.1, -0.05) is 18.6 Å². The minimum atomic E-state index is -0.523. The van der Waals surface area contributed by atoms with Gasteiger partial charge in [0, 0.05) is 5.57 Å². The molecule has 0 bridgehead atoms. The van der Waals surface area contributed by atoms with Crippen LogP contribution in [0, 0.1) is 5.92 Å². The van der Waals surface area contributed by atoms with Gasteiger partial charge in [-0.25, -0.2) is 0 Å². The van der Waals surface area contributed by atoms with Gasteiger partial charge in [0.2, 0.25) is 11.6 Å². The number of carbonyl (C=O) groups is 2. The van der Waals surface area contributed by atoms with Crippen molar-refractivity contribution in [1.29, 1.82) is 0 Å². The van der Waals surface area contributed by atoms with E-state index in [2.05, 4.69) is 6.08 Å². The molecule has 0 radical (unpaired) electrons. The lowest BCUT2D eigenvalue weighted by atomic mass is 9.84. The van der Waals surface area contributed by atoms with Gasteiger partial charge in [-0.05, 0) is 39.5 Å². The quantitative estimate of drug-likeness (QED) is 0.619. The number of hydrogen-bond acceptors (Lipinski definition) is 4. The van der Waals surface area contributed by atoms with Crippen LogP contribution in [0.2, 0.25) is 0 Å². The minimum Gasteiger partial charge on any atom is -0.504 e. The van der Waals surface area contributed by atoms with E-state index in [0.717, 1.165) is 6.42 Å². The summed E-state index contributed by atoms with van der Waals surface area (Å²) in [5.41, 5.74) is 1.53. The number of aliphatic hydroxyl groups excluding tert-OH is 1. The molecule has 0 spiro atoms. The number of ketones is 2. The third-order valence-electron chi connectivity index (χ3n) is 3.45. The summed E-state index contributed by atoms with van der Waals surface area (Å²) in [6, 6.07) is 0. The highest BCUT2D eigenvalue weighted by Crippen LogP contribution is 2.30. The van der Waals surface area contributed by atoms with Gasteiger partial charge < -0.3 is 9.84 Å². The first-order valence-electron chi connectivity index (χ1n) is 6.72. The van der Waals surface area contributed by atoms with Gasteiger partial charge in [0.05, 0.1) is 12.7 Å². The Bertz CT molecular complexity index is 517. The van der Waals surface area contributed by atoms with Crippen LogP contribution in [-0.2, 0) is 14.3 Å². The molecule has 0 aromatic rings. The summed E-state index contributed by atoms with van der Waals surface area (Å²) in [5, 5.41) is 9.97. The van der Waals surface area contributed by atoms with Crippen molar-refractivity contribution >= 4 is 11.6 Å². The largest absolute Gasteiger partial charge is 0.504 e. The number of allylic oxidation sites excluding steroid dienone is 4. The third kappa shape index (κ3) is 3.18. The number of aliphatic hydroxyl groups is 1. The normalized spacial score (nSPS) is 17.4. The molecule has 0 saturated heterocycles. The first kappa shape index (κ1) is 16.2. The molecule has 4 heteroatoms. The Labute approximate surface area is 119 Å². The van der Waals surface area contributed by atoms with Crippen molar-refractivity contribution in [2.24, 2.45) is 5.92 Å². The van der Waals surface area contributed by atoms with Crippen molar-refractivity contribution in [1.82, 2.24) is 0 Å². The molecule has 1 N–H and O–H groups in total. The van der Waals surface area contributed by atoms with Crippen molar-refractivity contribution in [3.8, 4) is 0 Å². The molecule has 1 atom stereocenters. The fourth-order valence-electron chi connectivity index (χ4n) is 2.27. The molecule has 4 nitrogen and oxygen atoms in total. The molecule has 0 aromatic carbocycles. The second kappa shape index (κ2) is 6.55. The van der Waals surface area contributed by atoms with Gasteiger partial charge in [0.25, 0.3) is 0 Å². The molecule has 0 saturated carbocycles. The zero-order valence-electron chi connectivity index (χ0n) is 12.7. The summed E-state index contributed by atoms with van der Waals surface area (Å²) in [6.45, 7) is 7.33. The maximum atomic E-state index is 12.3. The van der Waals surface area contributed by atoms with Crippen LogP contribution >= 0.6 is 0 Å². The highest BCUT2D eigenvalue weighted by Gasteiger charge is 2.35. The van der Waals surface area contributed by atoms with E-state index in [1.807, 2.05) is 20.8 Å². The van der Waals surface area contributed by atoms with Gasteiger partial charge in [0.1, 0.15) is 0 Å². The molecule has 0 fully saturated rings. The summed E-state index contributed by atoms with van der Waals surface area (Å²) in [5.74, 6) is -1.49. The third-order valence-corrected chi connectivity index (χ3v) is 3.45. The maximum Gasteiger partial charge on any atom is 0.228 e. The standard InChI is InChI=1S/C16H22O4/c1-9(2)7-6-8-10(3)12-14(18)13(17)11(4)16(20-5)15(12)19/h7,10,18H,6,8H2,1-5H3. The van der Waals surface area contributed by atoms with Gasteiger partial charge in [0.15, 0.2) is 11.5 Å². The molecule has 1 aliphatic rings.